The molecule has 0 fully saturated rings. The number of hydrogen-bond donors (Lipinski definition) is 3. The number of rotatable bonds is 4. The molecule has 22 heavy (non-hydrogen) atoms. The molecule has 0 unspecified atom stereocenters. The third-order valence-electron chi connectivity index (χ3n) is 2.90. The number of nitrogens with one attached hydrogen (secondary N) is 2. The van der Waals surface area contributed by atoms with Gasteiger partial charge in [0.25, 0.3) is 0 Å². The summed E-state index contributed by atoms with van der Waals surface area (Å²) in [5, 5.41) is 6.26. The average molecular weight is 404 g/mol. The van der Waals surface area contributed by atoms with E-state index in [1.165, 1.54) is 6.33 Å². The zero-order chi connectivity index (χ0) is 15.4. The van der Waals surface area contributed by atoms with Gasteiger partial charge in [-0.05, 0) is 59.0 Å². The Morgan fingerprint density at radius 2 is 1.59 bits per heavy atom. The van der Waals surface area contributed by atoms with Crippen LogP contribution in [0.15, 0.2) is 55.0 Å². The molecule has 0 aliphatic carbocycles. The number of anilines is 5. The van der Waals surface area contributed by atoms with Crippen molar-refractivity contribution in [2.75, 3.05) is 16.4 Å². The minimum atomic E-state index is 0.437. The Morgan fingerprint density at radius 3 is 2.27 bits per heavy atom. The van der Waals surface area contributed by atoms with Gasteiger partial charge in [-0.3, -0.25) is 0 Å². The van der Waals surface area contributed by atoms with Gasteiger partial charge in [-0.1, -0.05) is 6.07 Å². The quantitative estimate of drug-likeness (QED) is 0.577. The van der Waals surface area contributed by atoms with Gasteiger partial charge in [0, 0.05) is 15.5 Å². The van der Waals surface area contributed by atoms with E-state index in [9.17, 15) is 0 Å². The lowest BCUT2D eigenvalue weighted by atomic mass is 10.3. The van der Waals surface area contributed by atoms with E-state index in [2.05, 4.69) is 48.2 Å². The summed E-state index contributed by atoms with van der Waals surface area (Å²) in [6, 6.07) is 13.5. The highest BCUT2D eigenvalue weighted by molar-refractivity contribution is 14.1. The van der Waals surface area contributed by atoms with E-state index in [0.717, 1.165) is 9.26 Å². The van der Waals surface area contributed by atoms with Crippen LogP contribution in [0, 0.1) is 3.57 Å². The van der Waals surface area contributed by atoms with E-state index in [4.69, 9.17) is 5.73 Å². The first-order valence-electron chi connectivity index (χ1n) is 6.53. The van der Waals surface area contributed by atoms with Crippen molar-refractivity contribution >= 4 is 51.4 Å². The first-order chi connectivity index (χ1) is 10.7. The number of nitrogens with zero attached hydrogens (tertiary/aromatic N) is 3. The second-order valence-electron chi connectivity index (χ2n) is 4.46. The standard InChI is InChI=1S/C15H13IN6/c16-10-4-6-11(7-5-10)21-14-13(17)15(20-9-19-14)22-12-3-1-2-8-18-12/h1-9H,17H2,(H2,18,19,20,21,22). The third-order valence-corrected chi connectivity index (χ3v) is 3.62. The zero-order valence-electron chi connectivity index (χ0n) is 11.5. The Hall–Kier alpha value is -2.42. The predicted octanol–water partition coefficient (Wildman–Crippen LogP) is 3.55. The van der Waals surface area contributed by atoms with Crippen molar-refractivity contribution in [3.8, 4) is 0 Å². The summed E-state index contributed by atoms with van der Waals surface area (Å²) in [4.78, 5) is 12.5. The Labute approximate surface area is 141 Å². The summed E-state index contributed by atoms with van der Waals surface area (Å²) >= 11 is 2.26. The Morgan fingerprint density at radius 1 is 0.864 bits per heavy atom. The number of aromatic nitrogens is 3. The van der Waals surface area contributed by atoms with Gasteiger partial charge in [0.2, 0.25) is 0 Å². The minimum absolute atomic E-state index is 0.437. The lowest BCUT2D eigenvalue weighted by Crippen LogP contribution is -2.05. The molecule has 0 aliphatic rings. The number of halogens is 1. The van der Waals surface area contributed by atoms with Crippen LogP contribution >= 0.6 is 22.6 Å². The maximum atomic E-state index is 6.13. The van der Waals surface area contributed by atoms with Crippen LogP contribution < -0.4 is 16.4 Å². The summed E-state index contributed by atoms with van der Waals surface area (Å²) in [5.41, 5.74) is 7.48. The highest BCUT2D eigenvalue weighted by Crippen LogP contribution is 2.27. The Kier molecular flexibility index (Phi) is 4.33. The van der Waals surface area contributed by atoms with Crippen LogP contribution in [0.25, 0.3) is 0 Å². The maximum absolute atomic E-state index is 6.13. The molecule has 0 spiro atoms. The summed E-state index contributed by atoms with van der Waals surface area (Å²) in [6.07, 6.45) is 3.15. The topological polar surface area (TPSA) is 88.8 Å². The normalized spacial score (nSPS) is 10.2. The molecule has 0 amide bonds. The van der Waals surface area contributed by atoms with Gasteiger partial charge >= 0.3 is 0 Å². The zero-order valence-corrected chi connectivity index (χ0v) is 13.7. The molecular weight excluding hydrogens is 391 g/mol. The number of benzene rings is 1. The molecule has 3 aromatic rings. The fourth-order valence-electron chi connectivity index (χ4n) is 1.82. The molecule has 0 bridgehead atoms. The molecule has 4 N–H and O–H groups in total. The first-order valence-corrected chi connectivity index (χ1v) is 7.61. The highest BCUT2D eigenvalue weighted by atomic mass is 127. The van der Waals surface area contributed by atoms with Gasteiger partial charge < -0.3 is 16.4 Å². The van der Waals surface area contributed by atoms with E-state index < -0.39 is 0 Å². The van der Waals surface area contributed by atoms with Crippen LogP contribution in [0.1, 0.15) is 0 Å². The minimum Gasteiger partial charge on any atom is -0.393 e. The molecule has 2 heterocycles. The molecule has 3 rings (SSSR count). The molecule has 7 heteroatoms. The van der Waals surface area contributed by atoms with E-state index in [0.29, 0.717) is 23.1 Å². The summed E-state index contributed by atoms with van der Waals surface area (Å²) in [6.45, 7) is 0. The van der Waals surface area contributed by atoms with Gasteiger partial charge in [0.15, 0.2) is 11.6 Å². The monoisotopic (exact) mass is 404 g/mol. The van der Waals surface area contributed by atoms with E-state index >= 15 is 0 Å². The second kappa shape index (κ2) is 6.56. The second-order valence-corrected chi connectivity index (χ2v) is 5.70. The van der Waals surface area contributed by atoms with Crippen LogP contribution in [0.5, 0.6) is 0 Å². The van der Waals surface area contributed by atoms with Crippen molar-refractivity contribution in [2.45, 2.75) is 0 Å². The van der Waals surface area contributed by atoms with Crippen molar-refractivity contribution in [2.24, 2.45) is 0 Å². The molecule has 2 aromatic heterocycles. The molecule has 6 nitrogen and oxygen atoms in total. The van der Waals surface area contributed by atoms with E-state index in [1.807, 2.05) is 42.5 Å². The van der Waals surface area contributed by atoms with Crippen molar-refractivity contribution in [1.82, 2.24) is 15.0 Å². The first kappa shape index (κ1) is 14.5. The van der Waals surface area contributed by atoms with Gasteiger partial charge in [-0.25, -0.2) is 15.0 Å². The van der Waals surface area contributed by atoms with Crippen molar-refractivity contribution in [3.63, 3.8) is 0 Å². The largest absolute Gasteiger partial charge is 0.393 e. The van der Waals surface area contributed by atoms with Crippen LogP contribution in [0.4, 0.5) is 28.8 Å². The molecule has 1 aromatic carbocycles. The van der Waals surface area contributed by atoms with Gasteiger partial charge in [-0.2, -0.15) is 0 Å². The lowest BCUT2D eigenvalue weighted by Gasteiger charge is -2.12. The SMILES string of the molecule is Nc1c(Nc2ccc(I)cc2)ncnc1Nc1ccccn1. The van der Waals surface area contributed by atoms with Crippen molar-refractivity contribution < 1.29 is 0 Å². The van der Waals surface area contributed by atoms with Crippen LogP contribution in [0.2, 0.25) is 0 Å². The fraction of sp³-hybridized carbons (Fsp3) is 0. The summed E-state index contributed by atoms with van der Waals surface area (Å²) in [7, 11) is 0. The molecule has 0 aliphatic heterocycles. The van der Waals surface area contributed by atoms with Gasteiger partial charge in [0.05, 0.1) is 0 Å². The van der Waals surface area contributed by atoms with Crippen molar-refractivity contribution in [1.29, 1.82) is 0 Å². The number of nitrogens with two attached hydrogens (primary N) is 1. The van der Waals surface area contributed by atoms with Gasteiger partial charge in [0.1, 0.15) is 17.8 Å². The summed E-state index contributed by atoms with van der Waals surface area (Å²) < 4.78 is 1.16. The summed E-state index contributed by atoms with van der Waals surface area (Å²) in [5.74, 6) is 1.74. The fourth-order valence-corrected chi connectivity index (χ4v) is 2.18. The molecule has 0 atom stereocenters. The van der Waals surface area contributed by atoms with Crippen LogP contribution in [-0.4, -0.2) is 15.0 Å². The smallest absolute Gasteiger partial charge is 0.160 e. The maximum Gasteiger partial charge on any atom is 0.160 e. The van der Waals surface area contributed by atoms with Crippen LogP contribution in [-0.2, 0) is 0 Å². The van der Waals surface area contributed by atoms with Gasteiger partial charge in [-0.15, -0.1) is 0 Å². The Balaban J connectivity index is 1.84. The molecule has 0 saturated heterocycles. The molecule has 0 radical (unpaired) electrons. The molecule has 110 valence electrons. The third kappa shape index (κ3) is 3.42. The van der Waals surface area contributed by atoms with E-state index in [1.54, 1.807) is 6.20 Å². The number of pyridine rings is 1. The highest BCUT2D eigenvalue weighted by Gasteiger charge is 2.09. The van der Waals surface area contributed by atoms with E-state index in [-0.39, 0.29) is 0 Å². The average Bonchev–Trinajstić information content (AvgIpc) is 2.54. The Bertz CT molecular complexity index is 761. The molecular formula is C15H13IN6. The number of hydrogen-bond acceptors (Lipinski definition) is 6. The van der Waals surface area contributed by atoms with Crippen molar-refractivity contribution in [3.05, 3.63) is 58.6 Å². The lowest BCUT2D eigenvalue weighted by molar-refractivity contribution is 1.16. The van der Waals surface area contributed by atoms with Crippen LogP contribution in [0.3, 0.4) is 0 Å². The predicted molar refractivity (Wildman–Crippen MR) is 96.4 cm³/mol. The molecule has 0 saturated carbocycles. The number of nitrogen functional groups attached to an aromatic ring is 1.